The lowest BCUT2D eigenvalue weighted by molar-refractivity contribution is -0.113. The molecule has 1 amide bonds. The molecular formula is C18H18F3NO2S. The van der Waals surface area contributed by atoms with Crippen molar-refractivity contribution in [3.8, 4) is 5.75 Å². The van der Waals surface area contributed by atoms with Crippen LogP contribution in [-0.4, -0.2) is 24.0 Å². The van der Waals surface area contributed by atoms with Gasteiger partial charge in [0.05, 0.1) is 18.0 Å². The van der Waals surface area contributed by atoms with E-state index in [1.807, 2.05) is 32.0 Å². The van der Waals surface area contributed by atoms with Gasteiger partial charge in [-0.15, -0.1) is 11.8 Å². The van der Waals surface area contributed by atoms with Crippen LogP contribution in [-0.2, 0) is 4.79 Å². The summed E-state index contributed by atoms with van der Waals surface area (Å²) in [6.07, 6.45) is 0. The molecule has 0 aliphatic carbocycles. The fourth-order valence-corrected chi connectivity index (χ4v) is 2.81. The highest BCUT2D eigenvalue weighted by Gasteiger charge is 2.15. The Kier molecular flexibility index (Phi) is 6.75. The quantitative estimate of drug-likeness (QED) is 0.578. The molecule has 2 rings (SSSR count). The number of carbonyl (C=O) groups is 1. The number of ether oxygens (including phenoxy) is 1. The van der Waals surface area contributed by atoms with Gasteiger partial charge in [0.25, 0.3) is 0 Å². The number of thioether (sulfide) groups is 1. The number of benzene rings is 2. The summed E-state index contributed by atoms with van der Waals surface area (Å²) in [7, 11) is 0. The summed E-state index contributed by atoms with van der Waals surface area (Å²) in [4.78, 5) is 11.7. The van der Waals surface area contributed by atoms with Crippen molar-refractivity contribution in [1.29, 1.82) is 0 Å². The van der Waals surface area contributed by atoms with Crippen LogP contribution < -0.4 is 10.1 Å². The van der Waals surface area contributed by atoms with Gasteiger partial charge >= 0.3 is 0 Å². The van der Waals surface area contributed by atoms with E-state index < -0.39 is 23.4 Å². The number of halogens is 3. The standard InChI is InChI=1S/C18H18F3NO2S/c1-11-7-12(2)9-13(8-11)24-5-6-25-10-16(23)22-15-4-3-14(19)17(20)18(15)21/h3-4,7-9H,5-6,10H2,1-2H3,(H,22,23). The van der Waals surface area contributed by atoms with Gasteiger partial charge in [-0.3, -0.25) is 4.79 Å². The SMILES string of the molecule is Cc1cc(C)cc(OCCSCC(=O)Nc2ccc(F)c(F)c2F)c1. The Hall–Kier alpha value is -2.15. The van der Waals surface area contributed by atoms with Gasteiger partial charge in [-0.25, -0.2) is 13.2 Å². The maximum absolute atomic E-state index is 13.5. The van der Waals surface area contributed by atoms with Crippen LogP contribution in [0.1, 0.15) is 11.1 Å². The Labute approximate surface area is 148 Å². The van der Waals surface area contributed by atoms with Crippen molar-refractivity contribution in [3.05, 3.63) is 58.9 Å². The molecule has 0 heterocycles. The molecule has 0 radical (unpaired) electrons. The van der Waals surface area contributed by atoms with E-state index in [1.54, 1.807) is 0 Å². The van der Waals surface area contributed by atoms with E-state index in [0.717, 1.165) is 29.0 Å². The van der Waals surface area contributed by atoms with E-state index in [2.05, 4.69) is 5.32 Å². The zero-order chi connectivity index (χ0) is 18.4. The normalized spacial score (nSPS) is 10.6. The second-order valence-corrected chi connectivity index (χ2v) is 6.60. The van der Waals surface area contributed by atoms with Crippen molar-refractivity contribution in [3.63, 3.8) is 0 Å². The van der Waals surface area contributed by atoms with Gasteiger partial charge in [0.1, 0.15) is 5.75 Å². The summed E-state index contributed by atoms with van der Waals surface area (Å²) in [6, 6.07) is 7.65. The van der Waals surface area contributed by atoms with Gasteiger partial charge < -0.3 is 10.1 Å². The van der Waals surface area contributed by atoms with Crippen molar-refractivity contribution in [1.82, 2.24) is 0 Å². The first-order valence-corrected chi connectivity index (χ1v) is 8.74. The molecule has 0 unspecified atom stereocenters. The molecule has 2 aromatic rings. The van der Waals surface area contributed by atoms with Crippen molar-refractivity contribution >= 4 is 23.4 Å². The van der Waals surface area contributed by atoms with E-state index in [9.17, 15) is 18.0 Å². The fraction of sp³-hybridized carbons (Fsp3) is 0.278. The molecule has 0 saturated heterocycles. The molecule has 0 saturated carbocycles. The van der Waals surface area contributed by atoms with Crippen molar-refractivity contribution in [2.45, 2.75) is 13.8 Å². The highest BCUT2D eigenvalue weighted by atomic mass is 32.2. The number of aryl methyl sites for hydroxylation is 2. The largest absolute Gasteiger partial charge is 0.493 e. The number of amides is 1. The smallest absolute Gasteiger partial charge is 0.234 e. The Morgan fingerprint density at radius 3 is 2.44 bits per heavy atom. The lowest BCUT2D eigenvalue weighted by Gasteiger charge is -2.09. The van der Waals surface area contributed by atoms with Crippen LogP contribution in [0.4, 0.5) is 18.9 Å². The highest BCUT2D eigenvalue weighted by Crippen LogP contribution is 2.20. The van der Waals surface area contributed by atoms with E-state index >= 15 is 0 Å². The molecule has 134 valence electrons. The third-order valence-corrected chi connectivity index (χ3v) is 4.16. The summed E-state index contributed by atoms with van der Waals surface area (Å²) in [5.41, 5.74) is 1.84. The lowest BCUT2D eigenvalue weighted by Crippen LogP contribution is -2.16. The number of rotatable bonds is 7. The molecule has 0 bridgehead atoms. The monoisotopic (exact) mass is 369 g/mol. The fourth-order valence-electron chi connectivity index (χ4n) is 2.21. The summed E-state index contributed by atoms with van der Waals surface area (Å²) < 4.78 is 45.0. The molecule has 25 heavy (non-hydrogen) atoms. The lowest BCUT2D eigenvalue weighted by atomic mass is 10.1. The number of anilines is 1. The van der Waals surface area contributed by atoms with Crippen LogP contribution in [0.15, 0.2) is 30.3 Å². The minimum absolute atomic E-state index is 0.0502. The number of carbonyl (C=O) groups excluding carboxylic acids is 1. The summed E-state index contributed by atoms with van der Waals surface area (Å²) >= 11 is 1.29. The van der Waals surface area contributed by atoms with E-state index in [-0.39, 0.29) is 11.4 Å². The number of nitrogens with one attached hydrogen (secondary N) is 1. The van der Waals surface area contributed by atoms with Gasteiger partial charge in [-0.1, -0.05) is 6.07 Å². The van der Waals surface area contributed by atoms with Crippen LogP contribution in [0.2, 0.25) is 0 Å². The van der Waals surface area contributed by atoms with E-state index in [4.69, 9.17) is 4.74 Å². The van der Waals surface area contributed by atoms with Crippen LogP contribution >= 0.6 is 11.8 Å². The Morgan fingerprint density at radius 1 is 1.08 bits per heavy atom. The van der Waals surface area contributed by atoms with Crippen molar-refractivity contribution in [2.24, 2.45) is 0 Å². The van der Waals surface area contributed by atoms with Crippen LogP contribution in [0, 0.1) is 31.3 Å². The third-order valence-electron chi connectivity index (χ3n) is 3.23. The van der Waals surface area contributed by atoms with Gasteiger partial charge in [-0.2, -0.15) is 0 Å². The predicted molar refractivity (Wildman–Crippen MR) is 93.7 cm³/mol. The average molecular weight is 369 g/mol. The number of hydrogen-bond acceptors (Lipinski definition) is 3. The third kappa shape index (κ3) is 5.70. The first-order valence-electron chi connectivity index (χ1n) is 7.59. The minimum Gasteiger partial charge on any atom is -0.493 e. The second kappa shape index (κ2) is 8.80. The summed E-state index contributed by atoms with van der Waals surface area (Å²) in [5.74, 6) is -3.43. The molecule has 1 N–H and O–H groups in total. The minimum atomic E-state index is -1.60. The maximum atomic E-state index is 13.5. The molecule has 0 spiro atoms. The summed E-state index contributed by atoms with van der Waals surface area (Å²) in [5, 5.41) is 2.22. The Balaban J connectivity index is 1.73. The van der Waals surface area contributed by atoms with Crippen molar-refractivity contribution < 1.29 is 22.7 Å². The first-order chi connectivity index (χ1) is 11.9. The topological polar surface area (TPSA) is 38.3 Å². The van der Waals surface area contributed by atoms with Crippen LogP contribution in [0.3, 0.4) is 0 Å². The molecule has 0 aliphatic rings. The Bertz CT molecular complexity index is 748. The van der Waals surface area contributed by atoms with Crippen molar-refractivity contribution in [2.75, 3.05) is 23.4 Å². The second-order valence-electron chi connectivity index (χ2n) is 5.50. The van der Waals surface area contributed by atoms with Gasteiger partial charge in [0.2, 0.25) is 5.91 Å². The molecule has 0 fully saturated rings. The summed E-state index contributed by atoms with van der Waals surface area (Å²) in [6.45, 7) is 4.38. The molecule has 0 atom stereocenters. The number of hydrogen-bond donors (Lipinski definition) is 1. The van der Waals surface area contributed by atoms with Crippen LogP contribution in [0.5, 0.6) is 5.75 Å². The molecule has 0 aliphatic heterocycles. The van der Waals surface area contributed by atoms with E-state index in [0.29, 0.717) is 12.4 Å². The Morgan fingerprint density at radius 2 is 1.76 bits per heavy atom. The average Bonchev–Trinajstić information content (AvgIpc) is 2.54. The van der Waals surface area contributed by atoms with Crippen LogP contribution in [0.25, 0.3) is 0 Å². The first kappa shape index (κ1) is 19.2. The van der Waals surface area contributed by atoms with Gasteiger partial charge in [0.15, 0.2) is 17.5 Å². The molecule has 2 aromatic carbocycles. The van der Waals surface area contributed by atoms with Gasteiger partial charge in [-0.05, 0) is 49.2 Å². The zero-order valence-corrected chi connectivity index (χ0v) is 14.7. The van der Waals surface area contributed by atoms with E-state index in [1.165, 1.54) is 11.8 Å². The zero-order valence-electron chi connectivity index (χ0n) is 13.9. The highest BCUT2D eigenvalue weighted by molar-refractivity contribution is 7.99. The molecule has 7 heteroatoms. The molecular weight excluding hydrogens is 351 g/mol. The predicted octanol–water partition coefficient (Wildman–Crippen LogP) is 4.47. The maximum Gasteiger partial charge on any atom is 0.234 e. The molecule has 0 aromatic heterocycles. The van der Waals surface area contributed by atoms with Gasteiger partial charge in [0, 0.05) is 5.75 Å². The molecule has 3 nitrogen and oxygen atoms in total.